The van der Waals surface area contributed by atoms with Gasteiger partial charge < -0.3 is 10.0 Å². The van der Waals surface area contributed by atoms with Gasteiger partial charge in [0.15, 0.2) is 9.84 Å². The van der Waals surface area contributed by atoms with E-state index < -0.39 is 35.3 Å². The first-order valence-corrected chi connectivity index (χ1v) is 9.43. The summed E-state index contributed by atoms with van der Waals surface area (Å²) in [6.45, 7) is -1.40. The third-order valence-corrected chi connectivity index (χ3v) is 6.46. The maximum Gasteiger partial charge on any atom is 0.255 e. The lowest BCUT2D eigenvalue weighted by Gasteiger charge is -2.21. The van der Waals surface area contributed by atoms with Crippen molar-refractivity contribution in [1.82, 2.24) is 4.90 Å². The molecule has 134 valence electrons. The minimum Gasteiger partial charge on any atom is -0.395 e. The smallest absolute Gasteiger partial charge is 0.255 e. The van der Waals surface area contributed by atoms with Crippen LogP contribution in [0.5, 0.6) is 0 Å². The number of halogens is 2. The number of alkyl halides is 2. The van der Waals surface area contributed by atoms with Gasteiger partial charge in [0.2, 0.25) is 0 Å². The Morgan fingerprint density at radius 2 is 1.79 bits per heavy atom. The number of carbonyl (C=O) groups excluding carboxylic acids is 1. The number of rotatable bonds is 7. The lowest BCUT2D eigenvalue weighted by atomic mass is 10.2. The lowest BCUT2D eigenvalue weighted by molar-refractivity contribution is 0.0509. The Labute approximate surface area is 140 Å². The minimum atomic E-state index is -3.42. The number of benzene rings is 1. The predicted octanol–water partition coefficient (Wildman–Crippen LogP) is 2.10. The van der Waals surface area contributed by atoms with Crippen LogP contribution in [0.3, 0.4) is 0 Å². The number of nitrogens with zero attached hydrogens (tertiary/aromatic N) is 1. The van der Waals surface area contributed by atoms with E-state index in [0.29, 0.717) is 12.8 Å². The summed E-state index contributed by atoms with van der Waals surface area (Å²) in [6, 6.07) is 5.36. The predicted molar refractivity (Wildman–Crippen MR) is 84.9 cm³/mol. The van der Waals surface area contributed by atoms with Crippen LogP contribution in [0, 0.1) is 0 Å². The highest BCUT2D eigenvalue weighted by molar-refractivity contribution is 7.92. The van der Waals surface area contributed by atoms with E-state index in [-0.39, 0.29) is 22.3 Å². The molecule has 0 saturated heterocycles. The zero-order valence-electron chi connectivity index (χ0n) is 13.2. The van der Waals surface area contributed by atoms with E-state index in [4.69, 9.17) is 5.11 Å². The van der Waals surface area contributed by atoms with Gasteiger partial charge in [-0.3, -0.25) is 4.79 Å². The Morgan fingerprint density at radius 3 is 2.29 bits per heavy atom. The molecule has 24 heavy (non-hydrogen) atoms. The summed E-state index contributed by atoms with van der Waals surface area (Å²) in [7, 11) is -3.42. The fourth-order valence-corrected chi connectivity index (χ4v) is 4.78. The molecule has 1 aromatic carbocycles. The second-order valence-corrected chi connectivity index (χ2v) is 8.07. The van der Waals surface area contributed by atoms with Crippen LogP contribution in [0.1, 0.15) is 36.0 Å². The molecule has 2 rings (SSSR count). The molecule has 8 heteroatoms. The van der Waals surface area contributed by atoms with Crippen LogP contribution < -0.4 is 0 Å². The quantitative estimate of drug-likeness (QED) is 0.807. The number of amides is 1. The Hall–Kier alpha value is -1.54. The standard InChI is InChI=1S/C16H21F2NO4S/c17-15(18)11-19(9-10-20)16(21)12-5-7-14(8-6-12)24(22,23)13-3-1-2-4-13/h5-8,13,15,20H,1-4,9-11H2. The molecular weight excluding hydrogens is 340 g/mol. The van der Waals surface area contributed by atoms with Crippen LogP contribution in [0.15, 0.2) is 29.2 Å². The number of aliphatic hydroxyl groups is 1. The lowest BCUT2D eigenvalue weighted by Crippen LogP contribution is -2.37. The Balaban J connectivity index is 2.17. The van der Waals surface area contributed by atoms with Gasteiger partial charge in [-0.05, 0) is 37.1 Å². The summed E-state index contributed by atoms with van der Waals surface area (Å²) >= 11 is 0. The molecule has 0 heterocycles. The van der Waals surface area contributed by atoms with E-state index in [9.17, 15) is 22.0 Å². The molecule has 0 radical (unpaired) electrons. The molecule has 5 nitrogen and oxygen atoms in total. The molecule has 1 aliphatic rings. The Bertz CT molecular complexity index is 655. The summed E-state index contributed by atoms with van der Waals surface area (Å²) in [5.74, 6) is -0.658. The first-order valence-electron chi connectivity index (χ1n) is 7.88. The highest BCUT2D eigenvalue weighted by atomic mass is 32.2. The van der Waals surface area contributed by atoms with Crippen LogP contribution in [-0.2, 0) is 9.84 Å². The summed E-state index contributed by atoms with van der Waals surface area (Å²) in [6.07, 6.45) is 0.361. The van der Waals surface area contributed by atoms with Crippen LogP contribution in [0.4, 0.5) is 8.78 Å². The Morgan fingerprint density at radius 1 is 1.21 bits per heavy atom. The highest BCUT2D eigenvalue weighted by Crippen LogP contribution is 2.29. The van der Waals surface area contributed by atoms with Gasteiger partial charge in [-0.25, -0.2) is 17.2 Å². The van der Waals surface area contributed by atoms with Crippen molar-refractivity contribution in [1.29, 1.82) is 0 Å². The van der Waals surface area contributed by atoms with Gasteiger partial charge in [-0.15, -0.1) is 0 Å². The van der Waals surface area contributed by atoms with Gasteiger partial charge in [0.05, 0.1) is 23.3 Å². The first-order chi connectivity index (χ1) is 11.4. The van der Waals surface area contributed by atoms with E-state index in [2.05, 4.69) is 0 Å². The highest BCUT2D eigenvalue weighted by Gasteiger charge is 2.30. The van der Waals surface area contributed by atoms with Crippen molar-refractivity contribution in [2.45, 2.75) is 42.3 Å². The summed E-state index contributed by atoms with van der Waals surface area (Å²) in [4.78, 5) is 13.2. The molecule has 0 aliphatic heterocycles. The molecule has 0 aromatic heterocycles. The first kappa shape index (κ1) is 18.8. The van der Waals surface area contributed by atoms with Crippen molar-refractivity contribution in [3.63, 3.8) is 0 Å². The zero-order valence-corrected chi connectivity index (χ0v) is 14.0. The molecular formula is C16H21F2NO4S. The van der Waals surface area contributed by atoms with Crippen molar-refractivity contribution < 1.29 is 27.1 Å². The van der Waals surface area contributed by atoms with E-state index in [1.807, 2.05) is 0 Å². The van der Waals surface area contributed by atoms with Gasteiger partial charge in [-0.2, -0.15) is 0 Å². The van der Waals surface area contributed by atoms with E-state index in [1.54, 1.807) is 0 Å². The van der Waals surface area contributed by atoms with Crippen molar-refractivity contribution >= 4 is 15.7 Å². The van der Waals surface area contributed by atoms with Crippen LogP contribution in [0.25, 0.3) is 0 Å². The molecule has 0 spiro atoms. The third-order valence-electron chi connectivity index (χ3n) is 4.19. The number of sulfone groups is 1. The fourth-order valence-electron chi connectivity index (χ4n) is 2.92. The monoisotopic (exact) mass is 361 g/mol. The minimum absolute atomic E-state index is 0.120. The summed E-state index contributed by atoms with van der Waals surface area (Å²) < 4.78 is 50.0. The number of aliphatic hydroxyl groups excluding tert-OH is 1. The maximum atomic E-state index is 12.5. The second-order valence-electron chi connectivity index (χ2n) is 5.84. The second kappa shape index (κ2) is 8.02. The average molecular weight is 361 g/mol. The van der Waals surface area contributed by atoms with Crippen LogP contribution >= 0.6 is 0 Å². The molecule has 0 atom stereocenters. The zero-order chi connectivity index (χ0) is 17.7. The van der Waals surface area contributed by atoms with E-state index in [1.165, 1.54) is 24.3 Å². The fraction of sp³-hybridized carbons (Fsp3) is 0.562. The maximum absolute atomic E-state index is 12.5. The number of hydrogen-bond acceptors (Lipinski definition) is 4. The summed E-state index contributed by atoms with van der Waals surface area (Å²) in [5.41, 5.74) is 0.120. The largest absolute Gasteiger partial charge is 0.395 e. The molecule has 0 bridgehead atoms. The molecule has 0 unspecified atom stereocenters. The molecule has 1 saturated carbocycles. The Kier molecular flexibility index (Phi) is 6.28. The topological polar surface area (TPSA) is 74.7 Å². The van der Waals surface area contributed by atoms with Crippen molar-refractivity contribution in [3.05, 3.63) is 29.8 Å². The molecule has 1 amide bonds. The van der Waals surface area contributed by atoms with Crippen LogP contribution in [0.2, 0.25) is 0 Å². The number of carbonyl (C=O) groups is 1. The van der Waals surface area contributed by atoms with E-state index >= 15 is 0 Å². The van der Waals surface area contributed by atoms with Gasteiger partial charge in [0.25, 0.3) is 12.3 Å². The van der Waals surface area contributed by atoms with Crippen molar-refractivity contribution in [2.24, 2.45) is 0 Å². The van der Waals surface area contributed by atoms with Gasteiger partial charge >= 0.3 is 0 Å². The van der Waals surface area contributed by atoms with E-state index in [0.717, 1.165) is 17.7 Å². The normalized spacial score (nSPS) is 15.8. The third kappa shape index (κ3) is 4.30. The summed E-state index contributed by atoms with van der Waals surface area (Å²) in [5, 5.41) is 8.51. The molecule has 1 aliphatic carbocycles. The SMILES string of the molecule is O=C(c1ccc(S(=O)(=O)C2CCCC2)cc1)N(CCO)CC(F)F. The van der Waals surface area contributed by atoms with Crippen molar-refractivity contribution in [2.75, 3.05) is 19.7 Å². The van der Waals surface area contributed by atoms with Crippen LogP contribution in [-0.4, -0.2) is 55.7 Å². The van der Waals surface area contributed by atoms with Crippen molar-refractivity contribution in [3.8, 4) is 0 Å². The molecule has 1 aromatic rings. The van der Waals surface area contributed by atoms with Gasteiger partial charge in [0, 0.05) is 12.1 Å². The van der Waals surface area contributed by atoms with Gasteiger partial charge in [-0.1, -0.05) is 12.8 Å². The van der Waals surface area contributed by atoms with Gasteiger partial charge in [0.1, 0.15) is 0 Å². The molecule has 1 N–H and O–H groups in total. The average Bonchev–Trinajstić information content (AvgIpc) is 3.09. The number of hydrogen-bond donors (Lipinski definition) is 1. The molecule has 1 fully saturated rings.